The Labute approximate surface area is 97.5 Å². The minimum absolute atomic E-state index is 0.232. The van der Waals surface area contributed by atoms with Crippen molar-refractivity contribution >= 4 is 0 Å². The molecule has 0 radical (unpaired) electrons. The van der Waals surface area contributed by atoms with Gasteiger partial charge in [0.2, 0.25) is 0 Å². The first kappa shape index (κ1) is 13.4. The number of hydrogen-bond donors (Lipinski definition) is 2. The van der Waals surface area contributed by atoms with Crippen LogP contribution in [0.4, 0.5) is 0 Å². The minimum atomic E-state index is -0.587. The van der Waals surface area contributed by atoms with Crippen LogP contribution in [0.15, 0.2) is 0 Å². The first-order valence-corrected chi connectivity index (χ1v) is 5.94. The SMILES string of the molecule is CC(C)(C#N)CCCCN1CC(O)C(O)C1. The first-order chi connectivity index (χ1) is 7.44. The topological polar surface area (TPSA) is 67.5 Å². The summed E-state index contributed by atoms with van der Waals surface area (Å²) in [5.41, 5.74) is -0.232. The second kappa shape index (κ2) is 5.62. The van der Waals surface area contributed by atoms with E-state index in [9.17, 15) is 10.2 Å². The highest BCUT2D eigenvalue weighted by Crippen LogP contribution is 2.22. The molecule has 1 heterocycles. The Morgan fingerprint density at radius 2 is 1.81 bits per heavy atom. The van der Waals surface area contributed by atoms with Gasteiger partial charge in [0, 0.05) is 13.1 Å². The van der Waals surface area contributed by atoms with E-state index in [-0.39, 0.29) is 5.41 Å². The number of nitriles is 1. The Morgan fingerprint density at radius 1 is 1.25 bits per heavy atom. The Hall–Kier alpha value is -0.630. The number of rotatable bonds is 5. The fourth-order valence-electron chi connectivity index (χ4n) is 1.99. The lowest BCUT2D eigenvalue weighted by atomic mass is 9.89. The summed E-state index contributed by atoms with van der Waals surface area (Å²) in [6.07, 6.45) is 1.77. The van der Waals surface area contributed by atoms with E-state index in [1.54, 1.807) is 0 Å². The summed E-state index contributed by atoms with van der Waals surface area (Å²) in [5.74, 6) is 0. The van der Waals surface area contributed by atoms with Crippen molar-refractivity contribution in [2.75, 3.05) is 19.6 Å². The van der Waals surface area contributed by atoms with E-state index in [1.165, 1.54) is 0 Å². The molecule has 1 aliphatic heterocycles. The average Bonchev–Trinajstić information content (AvgIpc) is 2.54. The normalized spacial score (nSPS) is 26.9. The number of hydrogen-bond acceptors (Lipinski definition) is 4. The molecule has 0 aliphatic carbocycles. The van der Waals surface area contributed by atoms with Crippen molar-refractivity contribution < 1.29 is 10.2 Å². The van der Waals surface area contributed by atoms with Gasteiger partial charge in [-0.2, -0.15) is 5.26 Å². The van der Waals surface area contributed by atoms with Crippen LogP contribution in [0.3, 0.4) is 0 Å². The Balaban J connectivity index is 2.11. The van der Waals surface area contributed by atoms with Crippen molar-refractivity contribution in [1.82, 2.24) is 4.90 Å². The Bertz CT molecular complexity index is 250. The average molecular weight is 226 g/mol. The molecule has 0 aromatic rings. The minimum Gasteiger partial charge on any atom is -0.389 e. The second-order valence-corrected chi connectivity index (χ2v) is 5.35. The van der Waals surface area contributed by atoms with Gasteiger partial charge >= 0.3 is 0 Å². The summed E-state index contributed by atoms with van der Waals surface area (Å²) in [4.78, 5) is 2.08. The van der Waals surface area contributed by atoms with Gasteiger partial charge in [-0.3, -0.25) is 4.90 Å². The molecule has 92 valence electrons. The van der Waals surface area contributed by atoms with Gasteiger partial charge in [0.05, 0.1) is 23.7 Å². The summed E-state index contributed by atoms with van der Waals surface area (Å²) in [5, 5.41) is 27.6. The molecule has 4 nitrogen and oxygen atoms in total. The van der Waals surface area contributed by atoms with E-state index in [0.29, 0.717) is 13.1 Å². The van der Waals surface area contributed by atoms with Crippen LogP contribution in [0.1, 0.15) is 33.1 Å². The van der Waals surface area contributed by atoms with Crippen LogP contribution in [0.5, 0.6) is 0 Å². The predicted octanol–water partition coefficient (Wildman–Crippen LogP) is 0.744. The number of aliphatic hydroxyl groups is 2. The number of aliphatic hydroxyl groups excluding tert-OH is 2. The maximum Gasteiger partial charge on any atom is 0.0938 e. The second-order valence-electron chi connectivity index (χ2n) is 5.35. The van der Waals surface area contributed by atoms with Crippen LogP contribution in [-0.2, 0) is 0 Å². The molecule has 2 atom stereocenters. The summed E-state index contributed by atoms with van der Waals surface area (Å²) < 4.78 is 0. The lowest BCUT2D eigenvalue weighted by Crippen LogP contribution is -2.23. The molecule has 0 spiro atoms. The number of β-amino-alcohol motifs (C(OH)–C–C–N with tert-alkyl or cyclic N) is 2. The van der Waals surface area contributed by atoms with E-state index < -0.39 is 12.2 Å². The van der Waals surface area contributed by atoms with Crippen molar-refractivity contribution in [3.63, 3.8) is 0 Å². The van der Waals surface area contributed by atoms with E-state index in [2.05, 4.69) is 11.0 Å². The molecule has 4 heteroatoms. The highest BCUT2D eigenvalue weighted by Gasteiger charge is 2.28. The Morgan fingerprint density at radius 3 is 2.31 bits per heavy atom. The van der Waals surface area contributed by atoms with Crippen molar-refractivity contribution in [2.24, 2.45) is 5.41 Å². The Kier molecular flexibility index (Phi) is 4.72. The number of unbranched alkanes of at least 4 members (excludes halogenated alkanes) is 1. The fraction of sp³-hybridized carbons (Fsp3) is 0.917. The van der Waals surface area contributed by atoms with Gasteiger partial charge in [0.1, 0.15) is 0 Å². The van der Waals surface area contributed by atoms with Crippen molar-refractivity contribution in [1.29, 1.82) is 5.26 Å². The fourth-order valence-corrected chi connectivity index (χ4v) is 1.99. The lowest BCUT2D eigenvalue weighted by molar-refractivity contribution is 0.0572. The van der Waals surface area contributed by atoms with Gasteiger partial charge in [-0.1, -0.05) is 6.42 Å². The van der Waals surface area contributed by atoms with Gasteiger partial charge in [-0.05, 0) is 33.2 Å². The molecule has 2 N–H and O–H groups in total. The number of likely N-dealkylation sites (tertiary alicyclic amines) is 1. The smallest absolute Gasteiger partial charge is 0.0938 e. The maximum atomic E-state index is 9.36. The molecule has 0 amide bonds. The molecular weight excluding hydrogens is 204 g/mol. The highest BCUT2D eigenvalue weighted by molar-refractivity contribution is 4.91. The third-order valence-electron chi connectivity index (χ3n) is 3.16. The summed E-state index contributed by atoms with van der Waals surface area (Å²) in [6, 6.07) is 2.29. The molecule has 1 rings (SSSR count). The largest absolute Gasteiger partial charge is 0.389 e. The van der Waals surface area contributed by atoms with Crippen molar-refractivity contribution in [3.8, 4) is 6.07 Å². The van der Waals surface area contributed by atoms with Crippen LogP contribution < -0.4 is 0 Å². The molecule has 0 aromatic carbocycles. The maximum absolute atomic E-state index is 9.36. The molecular formula is C12H22N2O2. The van der Waals surface area contributed by atoms with Crippen LogP contribution in [0, 0.1) is 16.7 Å². The van der Waals surface area contributed by atoms with E-state index in [1.807, 2.05) is 13.8 Å². The summed E-state index contributed by atoms with van der Waals surface area (Å²) in [7, 11) is 0. The van der Waals surface area contributed by atoms with Gasteiger partial charge in [0.25, 0.3) is 0 Å². The van der Waals surface area contributed by atoms with E-state index in [4.69, 9.17) is 5.26 Å². The van der Waals surface area contributed by atoms with Gasteiger partial charge < -0.3 is 10.2 Å². The molecule has 1 fully saturated rings. The highest BCUT2D eigenvalue weighted by atomic mass is 16.3. The summed E-state index contributed by atoms with van der Waals surface area (Å²) in [6.45, 7) is 5.95. The van der Waals surface area contributed by atoms with Gasteiger partial charge in [0.15, 0.2) is 0 Å². The number of nitrogens with zero attached hydrogens (tertiary/aromatic N) is 2. The monoisotopic (exact) mass is 226 g/mol. The molecule has 1 aliphatic rings. The standard InChI is InChI=1S/C12H22N2O2/c1-12(2,9-13)5-3-4-6-14-7-10(15)11(16)8-14/h10-11,15-16H,3-8H2,1-2H3. The van der Waals surface area contributed by atoms with Crippen LogP contribution in [-0.4, -0.2) is 47.0 Å². The molecule has 16 heavy (non-hydrogen) atoms. The molecule has 2 unspecified atom stereocenters. The molecule has 0 aromatic heterocycles. The zero-order valence-corrected chi connectivity index (χ0v) is 10.2. The molecule has 0 saturated carbocycles. The zero-order valence-electron chi connectivity index (χ0n) is 10.2. The van der Waals surface area contributed by atoms with E-state index in [0.717, 1.165) is 25.8 Å². The van der Waals surface area contributed by atoms with Gasteiger partial charge in [-0.15, -0.1) is 0 Å². The van der Waals surface area contributed by atoms with Gasteiger partial charge in [-0.25, -0.2) is 0 Å². The van der Waals surface area contributed by atoms with Crippen LogP contribution in [0.25, 0.3) is 0 Å². The van der Waals surface area contributed by atoms with Crippen LogP contribution >= 0.6 is 0 Å². The lowest BCUT2D eigenvalue weighted by Gasteiger charge is -2.17. The predicted molar refractivity (Wildman–Crippen MR) is 61.7 cm³/mol. The molecule has 1 saturated heterocycles. The third kappa shape index (κ3) is 4.09. The first-order valence-electron chi connectivity index (χ1n) is 5.94. The zero-order chi connectivity index (χ0) is 12.2. The summed E-state index contributed by atoms with van der Waals surface area (Å²) >= 11 is 0. The van der Waals surface area contributed by atoms with Crippen molar-refractivity contribution in [3.05, 3.63) is 0 Å². The molecule has 0 bridgehead atoms. The third-order valence-corrected chi connectivity index (χ3v) is 3.16. The van der Waals surface area contributed by atoms with Crippen LogP contribution in [0.2, 0.25) is 0 Å². The quantitative estimate of drug-likeness (QED) is 0.679. The van der Waals surface area contributed by atoms with E-state index >= 15 is 0 Å². The van der Waals surface area contributed by atoms with Crippen molar-refractivity contribution in [2.45, 2.75) is 45.3 Å².